The normalized spacial score (nSPS) is 20.0. The number of oxazole rings is 1. The van der Waals surface area contributed by atoms with Crippen LogP contribution in [0.5, 0.6) is 17.2 Å². The van der Waals surface area contributed by atoms with E-state index in [1.165, 1.54) is 4.90 Å². The molecule has 0 radical (unpaired) electrons. The number of fused-ring (bicyclic) bond motifs is 2. The number of amides is 2. The zero-order chi connectivity index (χ0) is 42.8. The number of aliphatic carboxylic acids is 1. The monoisotopic (exact) mass is 828 g/mol. The van der Waals surface area contributed by atoms with Crippen molar-refractivity contribution in [2.45, 2.75) is 97.1 Å². The number of hydrogen-bond donors (Lipinski definition) is 2. The Balaban J connectivity index is 0.976. The third kappa shape index (κ3) is 9.12. The van der Waals surface area contributed by atoms with Crippen molar-refractivity contribution in [3.05, 3.63) is 124 Å². The molecule has 2 aliphatic heterocycles. The number of aryl methyl sites for hydroxylation is 3. The summed E-state index contributed by atoms with van der Waals surface area (Å²) in [5.74, 6) is 0.749. The molecule has 2 N–H and O–H groups in total. The molecule has 4 heterocycles. The standard InChI is InChI=1S/C48H52N4O9/c1-27-28(2)49-19-18-39(27)33-10-6-31(7-11-33)20-40(48(55)56)51-46(53)41-21-35-22-42-43(23-36(35)24-52(41)47(54)45-29(3)60-30(4)50-45)61-44(26-59-42)34-12-16-38(17-13-34)58-25-32-8-14-37(57-5)15-9-32/h6-7,10-13,16-19,22-23,32,37,40-41,44H,8-9,14-15,20-21,24-26H2,1-5H3,(H,51,53)(H,55,56)/t32?,37?,40?,41-,44+/m0/s1. The van der Waals surface area contributed by atoms with Gasteiger partial charge in [-0.3, -0.25) is 14.6 Å². The predicted octanol–water partition coefficient (Wildman–Crippen LogP) is 7.45. The highest BCUT2D eigenvalue weighted by atomic mass is 16.6. The minimum atomic E-state index is -1.25. The van der Waals surface area contributed by atoms with Crippen LogP contribution >= 0.6 is 0 Å². The van der Waals surface area contributed by atoms with Crippen molar-refractivity contribution in [3.8, 4) is 28.4 Å². The van der Waals surface area contributed by atoms with Gasteiger partial charge in [-0.25, -0.2) is 9.78 Å². The number of hydrogen-bond acceptors (Lipinski definition) is 10. The van der Waals surface area contributed by atoms with Crippen molar-refractivity contribution >= 4 is 17.8 Å². The number of carbonyl (C=O) groups is 3. The molecule has 8 rings (SSSR count). The number of carbonyl (C=O) groups excluding carboxylic acids is 2. The molecule has 5 aromatic rings. The Morgan fingerprint density at radius 1 is 0.934 bits per heavy atom. The van der Waals surface area contributed by atoms with E-state index in [1.54, 1.807) is 27.2 Å². The average molecular weight is 829 g/mol. The van der Waals surface area contributed by atoms with Gasteiger partial charge in [-0.15, -0.1) is 0 Å². The van der Waals surface area contributed by atoms with Gasteiger partial charge < -0.3 is 38.7 Å². The van der Waals surface area contributed by atoms with Crippen molar-refractivity contribution in [1.29, 1.82) is 0 Å². The Bertz CT molecular complexity index is 2400. The Kier molecular flexibility index (Phi) is 12.1. The lowest BCUT2D eigenvalue weighted by Crippen LogP contribution is -2.56. The molecular weight excluding hydrogens is 777 g/mol. The average Bonchev–Trinajstić information content (AvgIpc) is 3.62. The van der Waals surface area contributed by atoms with Gasteiger partial charge in [0.2, 0.25) is 5.91 Å². The molecule has 61 heavy (non-hydrogen) atoms. The molecule has 1 fully saturated rings. The van der Waals surface area contributed by atoms with Crippen LogP contribution < -0.4 is 19.5 Å². The summed E-state index contributed by atoms with van der Waals surface area (Å²) in [6.45, 7) is 8.28. The lowest BCUT2D eigenvalue weighted by Gasteiger charge is -2.37. The number of ether oxygens (including phenoxy) is 4. The van der Waals surface area contributed by atoms with Crippen LogP contribution in [0.15, 0.2) is 77.3 Å². The number of methoxy groups -OCH3 is 1. The molecule has 13 heteroatoms. The molecule has 0 saturated heterocycles. The lowest BCUT2D eigenvalue weighted by atomic mass is 9.88. The molecular formula is C48H52N4O9. The van der Waals surface area contributed by atoms with Gasteiger partial charge in [-0.05, 0) is 122 Å². The largest absolute Gasteiger partial charge is 0.493 e. The summed E-state index contributed by atoms with van der Waals surface area (Å²) in [5, 5.41) is 13.1. The van der Waals surface area contributed by atoms with Crippen LogP contribution in [0.3, 0.4) is 0 Å². The SMILES string of the molecule is COC1CCC(COc2ccc([C@H]3COc4cc5c(cc4O3)CN(C(=O)c3nc(C)oc3C)[C@H](C(=O)NC(Cc3ccc(-c4ccnc(C)c4C)cc3)C(=O)O)C5)cc2)CC1. The maximum Gasteiger partial charge on any atom is 0.326 e. The van der Waals surface area contributed by atoms with Gasteiger partial charge in [0.15, 0.2) is 29.2 Å². The smallest absolute Gasteiger partial charge is 0.326 e. The van der Waals surface area contributed by atoms with E-state index in [9.17, 15) is 19.5 Å². The maximum atomic E-state index is 14.2. The molecule has 13 nitrogen and oxygen atoms in total. The molecule has 0 bridgehead atoms. The van der Waals surface area contributed by atoms with Gasteiger partial charge in [0, 0.05) is 45.3 Å². The van der Waals surface area contributed by atoms with Gasteiger partial charge in [0.25, 0.3) is 5.91 Å². The number of nitrogens with zero attached hydrogens (tertiary/aromatic N) is 3. The minimum Gasteiger partial charge on any atom is -0.493 e. The third-order valence-corrected chi connectivity index (χ3v) is 12.4. The second kappa shape index (κ2) is 17.8. The molecule has 318 valence electrons. The fourth-order valence-corrected chi connectivity index (χ4v) is 8.63. The zero-order valence-electron chi connectivity index (χ0n) is 35.2. The van der Waals surface area contributed by atoms with Crippen molar-refractivity contribution in [1.82, 2.24) is 20.2 Å². The van der Waals surface area contributed by atoms with Crippen molar-refractivity contribution in [3.63, 3.8) is 0 Å². The third-order valence-electron chi connectivity index (χ3n) is 12.4. The molecule has 3 aromatic carbocycles. The van der Waals surface area contributed by atoms with E-state index in [0.29, 0.717) is 41.8 Å². The summed E-state index contributed by atoms with van der Waals surface area (Å²) < 4.78 is 30.0. The van der Waals surface area contributed by atoms with Crippen LogP contribution in [0.2, 0.25) is 0 Å². The Morgan fingerprint density at radius 3 is 2.36 bits per heavy atom. The van der Waals surface area contributed by atoms with Gasteiger partial charge in [0.05, 0.1) is 12.7 Å². The number of nitrogens with one attached hydrogen (secondary N) is 1. The summed E-state index contributed by atoms with van der Waals surface area (Å²) >= 11 is 0. The second-order valence-electron chi connectivity index (χ2n) is 16.4. The lowest BCUT2D eigenvalue weighted by molar-refractivity contribution is -0.142. The van der Waals surface area contributed by atoms with E-state index in [1.807, 2.05) is 80.6 Å². The predicted molar refractivity (Wildman–Crippen MR) is 226 cm³/mol. The summed E-state index contributed by atoms with van der Waals surface area (Å²) in [6, 6.07) is 18.9. The van der Waals surface area contributed by atoms with E-state index in [0.717, 1.165) is 76.1 Å². The Hall–Kier alpha value is -6.21. The molecule has 0 spiro atoms. The number of carboxylic acid groups (broad SMARTS) is 1. The van der Waals surface area contributed by atoms with Crippen LogP contribution in [-0.2, 0) is 33.7 Å². The van der Waals surface area contributed by atoms with E-state index in [2.05, 4.69) is 15.3 Å². The highest BCUT2D eigenvalue weighted by molar-refractivity contribution is 5.98. The molecule has 1 saturated carbocycles. The topological polar surface area (TPSA) is 163 Å². The van der Waals surface area contributed by atoms with E-state index < -0.39 is 29.9 Å². The van der Waals surface area contributed by atoms with Crippen LogP contribution in [0.25, 0.3) is 11.1 Å². The van der Waals surface area contributed by atoms with E-state index >= 15 is 0 Å². The number of rotatable bonds is 12. The highest BCUT2D eigenvalue weighted by Crippen LogP contribution is 2.41. The first-order valence-electron chi connectivity index (χ1n) is 20.9. The van der Waals surface area contributed by atoms with E-state index in [-0.39, 0.29) is 37.8 Å². The number of pyridine rings is 1. The summed E-state index contributed by atoms with van der Waals surface area (Å²) in [5.41, 5.74) is 7.36. The van der Waals surface area contributed by atoms with Crippen LogP contribution in [0.4, 0.5) is 0 Å². The van der Waals surface area contributed by atoms with Crippen LogP contribution in [0.1, 0.15) is 87.4 Å². The number of aromatic nitrogens is 2. The Morgan fingerprint density at radius 2 is 1.67 bits per heavy atom. The molecule has 1 unspecified atom stereocenters. The molecule has 1 aliphatic carbocycles. The highest BCUT2D eigenvalue weighted by Gasteiger charge is 2.39. The fraction of sp³-hybridized carbons (Fsp3) is 0.396. The van der Waals surface area contributed by atoms with Crippen LogP contribution in [0, 0.1) is 33.6 Å². The molecule has 2 aromatic heterocycles. The molecule has 3 aliphatic rings. The van der Waals surface area contributed by atoms with Gasteiger partial charge in [-0.2, -0.15) is 0 Å². The Labute approximate surface area is 355 Å². The first kappa shape index (κ1) is 41.5. The fourth-order valence-electron chi connectivity index (χ4n) is 8.63. The van der Waals surface area contributed by atoms with Gasteiger partial charge in [0.1, 0.15) is 30.2 Å². The van der Waals surface area contributed by atoms with Crippen molar-refractivity contribution in [2.24, 2.45) is 5.92 Å². The first-order chi connectivity index (χ1) is 29.4. The van der Waals surface area contributed by atoms with Crippen molar-refractivity contribution < 1.29 is 42.9 Å². The number of benzene rings is 3. The maximum absolute atomic E-state index is 14.2. The van der Waals surface area contributed by atoms with Gasteiger partial charge >= 0.3 is 5.97 Å². The van der Waals surface area contributed by atoms with E-state index in [4.69, 9.17) is 23.4 Å². The second-order valence-corrected chi connectivity index (χ2v) is 16.4. The molecule has 2 amide bonds. The van der Waals surface area contributed by atoms with Crippen molar-refractivity contribution in [2.75, 3.05) is 20.3 Å². The zero-order valence-corrected chi connectivity index (χ0v) is 35.2. The quantitative estimate of drug-likeness (QED) is 0.129. The summed E-state index contributed by atoms with van der Waals surface area (Å²) in [6.07, 6.45) is 6.23. The van der Waals surface area contributed by atoms with Crippen LogP contribution in [-0.4, -0.2) is 76.3 Å². The number of carboxylic acids is 1. The first-order valence-corrected chi connectivity index (χ1v) is 20.9. The minimum absolute atomic E-state index is 0.0419. The summed E-state index contributed by atoms with van der Waals surface area (Å²) in [7, 11) is 1.78. The van der Waals surface area contributed by atoms with Gasteiger partial charge in [-0.1, -0.05) is 36.4 Å². The molecule has 3 atom stereocenters. The summed E-state index contributed by atoms with van der Waals surface area (Å²) in [4.78, 5) is 51.2.